The van der Waals surface area contributed by atoms with Crippen molar-refractivity contribution in [1.29, 1.82) is 0 Å². The lowest BCUT2D eigenvalue weighted by molar-refractivity contribution is -0.642. The van der Waals surface area contributed by atoms with Crippen molar-refractivity contribution in [2.24, 2.45) is 0 Å². The van der Waals surface area contributed by atoms with Gasteiger partial charge < -0.3 is 4.74 Å². The van der Waals surface area contributed by atoms with Gasteiger partial charge >= 0.3 is 6.09 Å². The summed E-state index contributed by atoms with van der Waals surface area (Å²) in [7, 11) is 0. The number of ether oxygens (including phenoxy) is 1. The first kappa shape index (κ1) is 10.2. The molecule has 16 heavy (non-hydrogen) atoms. The second-order valence-electron chi connectivity index (χ2n) is 3.10. The minimum Gasteiger partial charge on any atom is -0.407 e. The molecule has 0 unspecified atom stereocenters. The molecular weight excluding hydrogens is 204 g/mol. The lowest BCUT2D eigenvalue weighted by Crippen LogP contribution is -2.48. The molecule has 0 fully saturated rings. The zero-order valence-corrected chi connectivity index (χ0v) is 8.54. The maximum Gasteiger partial charge on any atom is 0.466 e. The van der Waals surface area contributed by atoms with E-state index in [1.54, 1.807) is 36.7 Å². The average molecular weight is 215 g/mol. The van der Waals surface area contributed by atoms with E-state index in [9.17, 15) is 4.79 Å². The van der Waals surface area contributed by atoms with E-state index in [1.165, 1.54) is 4.68 Å². The molecule has 4 nitrogen and oxygen atoms in total. The van der Waals surface area contributed by atoms with Crippen molar-refractivity contribution in [3.8, 4) is 5.75 Å². The van der Waals surface area contributed by atoms with Gasteiger partial charge in [-0.1, -0.05) is 34.4 Å². The third kappa shape index (κ3) is 2.81. The molecule has 1 aromatic heterocycles. The molecule has 2 aromatic rings. The van der Waals surface area contributed by atoms with Crippen molar-refractivity contribution < 1.29 is 14.2 Å². The highest BCUT2D eigenvalue weighted by molar-refractivity contribution is 5.76. The van der Waals surface area contributed by atoms with Gasteiger partial charge in [0.05, 0.1) is 0 Å². The molecule has 2 rings (SSSR count). The molecular formula is C12H11N2O2+. The van der Waals surface area contributed by atoms with E-state index in [-0.39, 0.29) is 0 Å². The Bertz CT molecular complexity index is 413. The molecule has 1 aromatic carbocycles. The summed E-state index contributed by atoms with van der Waals surface area (Å²) in [5.41, 5.74) is 2.55. The fourth-order valence-corrected chi connectivity index (χ4v) is 1.20. The van der Waals surface area contributed by atoms with Crippen molar-refractivity contribution >= 4 is 6.09 Å². The predicted molar refractivity (Wildman–Crippen MR) is 58.5 cm³/mol. The van der Waals surface area contributed by atoms with Gasteiger partial charge in [0.15, 0.2) is 12.4 Å². The van der Waals surface area contributed by atoms with Gasteiger partial charge in [-0.15, -0.1) is 0 Å². The maximum atomic E-state index is 11.4. The average Bonchev–Trinajstić information content (AvgIpc) is 2.31. The lowest BCUT2D eigenvalue weighted by atomic mass is 10.3. The molecule has 0 aliphatic rings. The van der Waals surface area contributed by atoms with Crippen LogP contribution in [0.1, 0.15) is 0 Å². The second-order valence-corrected chi connectivity index (χ2v) is 3.10. The molecule has 0 atom stereocenters. The minimum absolute atomic E-state index is 0.511. The quantitative estimate of drug-likeness (QED) is 0.775. The molecule has 0 aliphatic heterocycles. The van der Waals surface area contributed by atoms with Crippen LogP contribution in [0.2, 0.25) is 0 Å². The van der Waals surface area contributed by atoms with Crippen molar-refractivity contribution in [3.63, 3.8) is 0 Å². The number of rotatable bonds is 2. The normalized spacial score (nSPS) is 9.50. The molecule has 0 radical (unpaired) electrons. The minimum atomic E-state index is -0.526. The predicted octanol–water partition coefficient (Wildman–Crippen LogP) is 1.72. The monoisotopic (exact) mass is 215 g/mol. The molecule has 1 heterocycles. The van der Waals surface area contributed by atoms with Crippen molar-refractivity contribution in [2.45, 2.75) is 0 Å². The Kier molecular flexibility index (Phi) is 3.13. The summed E-state index contributed by atoms with van der Waals surface area (Å²) in [6.07, 6.45) is 2.90. The second kappa shape index (κ2) is 4.93. The van der Waals surface area contributed by atoms with E-state index in [0.29, 0.717) is 5.75 Å². The fourth-order valence-electron chi connectivity index (χ4n) is 1.20. The molecule has 0 bridgehead atoms. The number of para-hydroxylation sites is 1. The Labute approximate surface area is 93.1 Å². The summed E-state index contributed by atoms with van der Waals surface area (Å²) in [5.74, 6) is 0.511. The number of hydrogen-bond acceptors (Lipinski definition) is 2. The highest BCUT2D eigenvalue weighted by Gasteiger charge is 2.08. The number of nitrogens with zero attached hydrogens (tertiary/aromatic N) is 1. The Balaban J connectivity index is 1.95. The molecule has 1 N–H and O–H groups in total. The number of pyridine rings is 1. The standard InChI is InChI=1S/C12H10N2O2/c15-12(13-14-9-5-2-6-10-14)16-11-7-3-1-4-8-11/h1-10H/p+1. The summed E-state index contributed by atoms with van der Waals surface area (Å²) in [6, 6.07) is 14.4. The number of carbonyl (C=O) groups is 1. The molecule has 1 amide bonds. The fraction of sp³-hybridized carbons (Fsp3) is 0. The van der Waals surface area contributed by atoms with Gasteiger partial charge in [0.1, 0.15) is 5.75 Å². The van der Waals surface area contributed by atoms with Crippen LogP contribution >= 0.6 is 0 Å². The smallest absolute Gasteiger partial charge is 0.407 e. The number of aromatic nitrogens is 1. The van der Waals surface area contributed by atoms with Crippen LogP contribution in [0.3, 0.4) is 0 Å². The molecule has 0 saturated carbocycles. The third-order valence-electron chi connectivity index (χ3n) is 1.89. The summed E-state index contributed by atoms with van der Waals surface area (Å²) >= 11 is 0. The van der Waals surface area contributed by atoms with E-state index in [1.807, 2.05) is 24.3 Å². The first-order valence-electron chi connectivity index (χ1n) is 4.85. The molecule has 4 heteroatoms. The van der Waals surface area contributed by atoms with Crippen LogP contribution in [0.4, 0.5) is 4.79 Å². The van der Waals surface area contributed by atoms with E-state index in [2.05, 4.69) is 5.43 Å². The zero-order chi connectivity index (χ0) is 11.2. The Hall–Kier alpha value is -2.36. The summed E-state index contributed by atoms with van der Waals surface area (Å²) in [5, 5.41) is 0. The summed E-state index contributed by atoms with van der Waals surface area (Å²) in [6.45, 7) is 0. The molecule has 0 spiro atoms. The van der Waals surface area contributed by atoms with Crippen LogP contribution < -0.4 is 14.8 Å². The summed E-state index contributed by atoms with van der Waals surface area (Å²) in [4.78, 5) is 11.4. The van der Waals surface area contributed by atoms with Crippen LogP contribution in [0.15, 0.2) is 60.9 Å². The Morgan fingerprint density at radius 3 is 2.31 bits per heavy atom. The van der Waals surface area contributed by atoms with E-state index in [0.717, 1.165) is 0 Å². The van der Waals surface area contributed by atoms with Gasteiger partial charge in [-0.25, -0.2) is 4.79 Å². The SMILES string of the molecule is O=C(N[n+]1ccccc1)Oc1ccccc1. The Morgan fingerprint density at radius 1 is 1.00 bits per heavy atom. The van der Waals surface area contributed by atoms with Crippen LogP contribution in [-0.2, 0) is 0 Å². The van der Waals surface area contributed by atoms with Gasteiger partial charge in [-0.2, -0.15) is 0 Å². The number of nitrogens with one attached hydrogen (secondary N) is 1. The third-order valence-corrected chi connectivity index (χ3v) is 1.89. The lowest BCUT2D eigenvalue weighted by Gasteiger charge is -2.01. The van der Waals surface area contributed by atoms with Crippen molar-refractivity contribution in [1.82, 2.24) is 0 Å². The zero-order valence-electron chi connectivity index (χ0n) is 8.54. The van der Waals surface area contributed by atoms with Gasteiger partial charge in [0.25, 0.3) is 0 Å². The number of hydrogen-bond donors (Lipinski definition) is 1. The molecule has 80 valence electrons. The van der Waals surface area contributed by atoms with Crippen LogP contribution in [-0.4, -0.2) is 6.09 Å². The van der Waals surface area contributed by atoms with Crippen LogP contribution in [0.25, 0.3) is 0 Å². The van der Waals surface area contributed by atoms with Gasteiger partial charge in [-0.05, 0) is 12.1 Å². The van der Waals surface area contributed by atoms with Gasteiger partial charge in [-0.3, -0.25) is 0 Å². The van der Waals surface area contributed by atoms with Gasteiger partial charge in [0, 0.05) is 12.1 Å². The first-order valence-corrected chi connectivity index (χ1v) is 4.85. The van der Waals surface area contributed by atoms with Gasteiger partial charge in [0.2, 0.25) is 0 Å². The first-order chi connectivity index (χ1) is 7.84. The number of benzene rings is 1. The molecule has 0 aliphatic carbocycles. The number of carbonyl (C=O) groups excluding carboxylic acids is 1. The van der Waals surface area contributed by atoms with E-state index >= 15 is 0 Å². The highest BCUT2D eigenvalue weighted by Crippen LogP contribution is 2.07. The topological polar surface area (TPSA) is 42.2 Å². The Morgan fingerprint density at radius 2 is 1.62 bits per heavy atom. The highest BCUT2D eigenvalue weighted by atomic mass is 16.6. The number of amides is 1. The summed E-state index contributed by atoms with van der Waals surface area (Å²) < 4.78 is 6.57. The van der Waals surface area contributed by atoms with Crippen LogP contribution in [0.5, 0.6) is 5.75 Å². The largest absolute Gasteiger partial charge is 0.466 e. The van der Waals surface area contributed by atoms with E-state index < -0.39 is 6.09 Å². The van der Waals surface area contributed by atoms with Crippen molar-refractivity contribution in [3.05, 3.63) is 60.9 Å². The van der Waals surface area contributed by atoms with Crippen LogP contribution in [0, 0.1) is 0 Å². The van der Waals surface area contributed by atoms with E-state index in [4.69, 9.17) is 4.74 Å². The van der Waals surface area contributed by atoms with Crippen molar-refractivity contribution in [2.75, 3.05) is 5.43 Å². The molecule has 0 saturated heterocycles. The maximum absolute atomic E-state index is 11.4.